The zero-order chi connectivity index (χ0) is 18.7. The van der Waals surface area contributed by atoms with E-state index in [1.807, 2.05) is 12.1 Å². The second-order valence-electron chi connectivity index (χ2n) is 6.42. The number of hydrogen-bond acceptors (Lipinski definition) is 3. The van der Waals surface area contributed by atoms with Gasteiger partial charge in [-0.15, -0.1) is 0 Å². The number of anilines is 1. The molecule has 0 saturated heterocycles. The molecule has 4 aromatic rings. The van der Waals surface area contributed by atoms with Crippen molar-refractivity contribution < 1.29 is 13.6 Å². The molecule has 2 N–H and O–H groups in total. The SMILES string of the molecule is O=C1CC(c2cccc(F)c2F)c2c(n3c(nc4ccccc43)[nH]c2=O)N1. The fourth-order valence-electron chi connectivity index (χ4n) is 3.71. The molecule has 1 atom stereocenters. The van der Waals surface area contributed by atoms with E-state index in [1.165, 1.54) is 12.1 Å². The third-order valence-corrected chi connectivity index (χ3v) is 4.86. The smallest absolute Gasteiger partial charge is 0.258 e. The Kier molecular flexibility index (Phi) is 3.18. The Labute approximate surface area is 150 Å². The molecule has 2 aromatic carbocycles. The summed E-state index contributed by atoms with van der Waals surface area (Å²) in [6, 6.07) is 10.9. The molecule has 0 radical (unpaired) electrons. The van der Waals surface area contributed by atoms with Gasteiger partial charge in [0.25, 0.3) is 5.56 Å². The number of halogens is 2. The molecule has 3 heterocycles. The largest absolute Gasteiger partial charge is 0.311 e. The van der Waals surface area contributed by atoms with Gasteiger partial charge in [0.05, 0.1) is 16.6 Å². The molecule has 6 nitrogen and oxygen atoms in total. The van der Waals surface area contributed by atoms with E-state index in [0.29, 0.717) is 11.0 Å². The first kappa shape index (κ1) is 15.7. The standard InChI is InChI=1S/C19H12F2N4O2/c20-11-5-3-4-9(16(11)21)10-8-14(26)23-17-15(10)18(27)24-19-22-12-6-1-2-7-13(12)25(17)19/h1-7,10H,8H2,(H,23,26)(H,22,24,27). The third kappa shape index (κ3) is 2.19. The van der Waals surface area contributed by atoms with Crippen molar-refractivity contribution in [2.75, 3.05) is 5.32 Å². The predicted molar refractivity (Wildman–Crippen MR) is 94.8 cm³/mol. The quantitative estimate of drug-likeness (QED) is 0.544. The minimum absolute atomic E-state index is 0.0274. The molecular weight excluding hydrogens is 354 g/mol. The fourth-order valence-corrected chi connectivity index (χ4v) is 3.71. The molecular formula is C19H12F2N4O2. The highest BCUT2D eigenvalue weighted by molar-refractivity contribution is 5.96. The molecule has 0 aliphatic carbocycles. The van der Waals surface area contributed by atoms with Gasteiger partial charge in [-0.25, -0.2) is 13.8 Å². The van der Waals surface area contributed by atoms with Gasteiger partial charge in [-0.3, -0.25) is 19.0 Å². The van der Waals surface area contributed by atoms with Crippen LogP contribution in [0.25, 0.3) is 16.8 Å². The lowest BCUT2D eigenvalue weighted by molar-refractivity contribution is -0.116. The summed E-state index contributed by atoms with van der Waals surface area (Å²) in [6.45, 7) is 0. The van der Waals surface area contributed by atoms with Crippen molar-refractivity contribution in [3.8, 4) is 0 Å². The summed E-state index contributed by atoms with van der Waals surface area (Å²) in [7, 11) is 0. The second kappa shape index (κ2) is 5.47. The molecule has 8 heteroatoms. The Morgan fingerprint density at radius 3 is 2.74 bits per heavy atom. The normalized spacial score (nSPS) is 16.5. The van der Waals surface area contributed by atoms with Crippen molar-refractivity contribution in [3.05, 3.63) is 75.6 Å². The molecule has 27 heavy (non-hydrogen) atoms. The summed E-state index contributed by atoms with van der Waals surface area (Å²) in [5, 5.41) is 2.70. The summed E-state index contributed by atoms with van der Waals surface area (Å²) < 4.78 is 29.8. The Morgan fingerprint density at radius 1 is 1.07 bits per heavy atom. The van der Waals surface area contributed by atoms with Crippen LogP contribution < -0.4 is 10.9 Å². The van der Waals surface area contributed by atoms with Crippen molar-refractivity contribution in [2.24, 2.45) is 0 Å². The maximum atomic E-state index is 14.4. The number of aromatic nitrogens is 3. The number of benzene rings is 2. The fraction of sp³-hybridized carbons (Fsp3) is 0.105. The number of amides is 1. The van der Waals surface area contributed by atoms with E-state index in [1.54, 1.807) is 16.5 Å². The minimum atomic E-state index is -1.06. The zero-order valence-corrected chi connectivity index (χ0v) is 13.8. The topological polar surface area (TPSA) is 79.3 Å². The number of aromatic amines is 1. The molecule has 0 saturated carbocycles. The summed E-state index contributed by atoms with van der Waals surface area (Å²) >= 11 is 0. The third-order valence-electron chi connectivity index (χ3n) is 4.86. The van der Waals surface area contributed by atoms with E-state index in [0.717, 1.165) is 6.07 Å². The van der Waals surface area contributed by atoms with E-state index in [-0.39, 0.29) is 35.1 Å². The number of carbonyl (C=O) groups excluding carboxylic acids is 1. The number of nitrogens with one attached hydrogen (secondary N) is 2. The minimum Gasteiger partial charge on any atom is -0.311 e. The monoisotopic (exact) mass is 366 g/mol. The van der Waals surface area contributed by atoms with Crippen LogP contribution in [0.2, 0.25) is 0 Å². The Hall–Kier alpha value is -3.55. The van der Waals surface area contributed by atoms with Crippen LogP contribution in [0.1, 0.15) is 23.5 Å². The highest BCUT2D eigenvalue weighted by Gasteiger charge is 2.34. The average molecular weight is 366 g/mol. The molecule has 1 aliphatic heterocycles. The lowest BCUT2D eigenvalue weighted by Crippen LogP contribution is -2.32. The zero-order valence-electron chi connectivity index (χ0n) is 13.8. The Bertz CT molecular complexity index is 1310. The van der Waals surface area contributed by atoms with Gasteiger partial charge in [0.2, 0.25) is 11.7 Å². The maximum absolute atomic E-state index is 14.4. The Morgan fingerprint density at radius 2 is 1.89 bits per heavy atom. The highest BCUT2D eigenvalue weighted by atomic mass is 19.2. The van der Waals surface area contributed by atoms with Gasteiger partial charge in [-0.2, -0.15) is 0 Å². The van der Waals surface area contributed by atoms with Gasteiger partial charge >= 0.3 is 0 Å². The van der Waals surface area contributed by atoms with E-state index in [4.69, 9.17) is 0 Å². The predicted octanol–water partition coefficient (Wildman–Crippen LogP) is 2.93. The highest BCUT2D eigenvalue weighted by Crippen LogP contribution is 2.37. The van der Waals surface area contributed by atoms with Crippen LogP contribution in [0.5, 0.6) is 0 Å². The van der Waals surface area contributed by atoms with Crippen LogP contribution in [0.15, 0.2) is 47.3 Å². The number of rotatable bonds is 1. The van der Waals surface area contributed by atoms with E-state index in [9.17, 15) is 18.4 Å². The second-order valence-corrected chi connectivity index (χ2v) is 6.42. The number of fused-ring (bicyclic) bond motifs is 5. The van der Waals surface area contributed by atoms with Gasteiger partial charge in [0.1, 0.15) is 5.82 Å². The summed E-state index contributed by atoms with van der Waals surface area (Å²) in [6.07, 6.45) is -0.158. The molecule has 1 aliphatic rings. The lowest BCUT2D eigenvalue weighted by Gasteiger charge is -2.26. The average Bonchev–Trinajstić information content (AvgIpc) is 3.01. The molecule has 2 aromatic heterocycles. The van der Waals surface area contributed by atoms with Gasteiger partial charge in [0, 0.05) is 12.3 Å². The van der Waals surface area contributed by atoms with E-state index < -0.39 is 23.1 Å². The van der Waals surface area contributed by atoms with Crippen LogP contribution in [0.3, 0.4) is 0 Å². The van der Waals surface area contributed by atoms with Crippen LogP contribution in [0.4, 0.5) is 14.6 Å². The van der Waals surface area contributed by atoms with Crippen LogP contribution in [-0.4, -0.2) is 20.3 Å². The van der Waals surface area contributed by atoms with E-state index in [2.05, 4.69) is 15.3 Å². The van der Waals surface area contributed by atoms with Crippen molar-refractivity contribution in [3.63, 3.8) is 0 Å². The van der Waals surface area contributed by atoms with Gasteiger partial charge in [-0.1, -0.05) is 24.3 Å². The molecule has 0 spiro atoms. The number of imidazole rings is 1. The first-order chi connectivity index (χ1) is 13.0. The molecule has 0 bridgehead atoms. The maximum Gasteiger partial charge on any atom is 0.258 e. The lowest BCUT2D eigenvalue weighted by atomic mass is 9.86. The van der Waals surface area contributed by atoms with E-state index >= 15 is 0 Å². The molecule has 0 fully saturated rings. The van der Waals surface area contributed by atoms with Crippen LogP contribution in [-0.2, 0) is 4.79 Å². The molecule has 1 unspecified atom stereocenters. The summed E-state index contributed by atoms with van der Waals surface area (Å²) in [4.78, 5) is 32.2. The van der Waals surface area contributed by atoms with Crippen molar-refractivity contribution in [2.45, 2.75) is 12.3 Å². The molecule has 5 rings (SSSR count). The van der Waals surface area contributed by atoms with Crippen molar-refractivity contribution in [1.29, 1.82) is 0 Å². The first-order valence-electron chi connectivity index (χ1n) is 8.31. The van der Waals surface area contributed by atoms with Crippen LogP contribution >= 0.6 is 0 Å². The number of H-pyrrole nitrogens is 1. The number of hydrogen-bond donors (Lipinski definition) is 2. The van der Waals surface area contributed by atoms with Gasteiger partial charge in [-0.05, 0) is 23.8 Å². The summed E-state index contributed by atoms with van der Waals surface area (Å²) in [5.74, 6) is -2.88. The molecule has 134 valence electrons. The van der Waals surface area contributed by atoms with Crippen molar-refractivity contribution >= 4 is 28.5 Å². The van der Waals surface area contributed by atoms with Crippen LogP contribution in [0, 0.1) is 11.6 Å². The number of carbonyl (C=O) groups is 1. The van der Waals surface area contributed by atoms with Crippen molar-refractivity contribution in [1.82, 2.24) is 14.4 Å². The number of nitrogens with zero attached hydrogens (tertiary/aromatic N) is 2. The number of para-hydroxylation sites is 2. The first-order valence-corrected chi connectivity index (χ1v) is 8.31. The van der Waals surface area contributed by atoms with Gasteiger partial charge in [0.15, 0.2) is 11.6 Å². The van der Waals surface area contributed by atoms with Gasteiger partial charge < -0.3 is 5.32 Å². The summed E-state index contributed by atoms with van der Waals surface area (Å²) in [5.41, 5.74) is 0.965. The molecule has 1 amide bonds. The Balaban J connectivity index is 1.88.